The zero-order valence-electron chi connectivity index (χ0n) is 13.7. The van der Waals surface area contributed by atoms with Gasteiger partial charge in [0.15, 0.2) is 0 Å². The minimum atomic E-state index is -0.195. The first-order valence-corrected chi connectivity index (χ1v) is 8.10. The molecule has 0 bridgehead atoms. The number of carbonyl (C=O) groups excluding carboxylic acids is 1. The Balaban J connectivity index is 1.81. The Morgan fingerprint density at radius 1 is 1.09 bits per heavy atom. The largest absolute Gasteiger partial charge is 0.341 e. The Bertz CT molecular complexity index is 708. The van der Waals surface area contributed by atoms with Crippen LogP contribution < -0.4 is 10.2 Å². The van der Waals surface area contributed by atoms with Crippen molar-refractivity contribution in [3.8, 4) is 0 Å². The van der Waals surface area contributed by atoms with Crippen molar-refractivity contribution in [3.63, 3.8) is 0 Å². The minimum Gasteiger partial charge on any atom is -0.341 e. The molecule has 1 amide bonds. The number of piperidine rings is 1. The van der Waals surface area contributed by atoms with Crippen molar-refractivity contribution < 1.29 is 4.79 Å². The standard InChI is InChI=1S/C18H22N4O/c1-13-7-6-8-15(11-13)20-17(23)16-12-14(2)19-18(21-16)22-9-4-3-5-10-22/h6-8,11-12H,3-5,9-10H2,1-2H3,(H,20,23). The number of rotatable bonds is 3. The Hall–Kier alpha value is -2.43. The van der Waals surface area contributed by atoms with Crippen LogP contribution in [0.15, 0.2) is 30.3 Å². The molecule has 5 nitrogen and oxygen atoms in total. The summed E-state index contributed by atoms with van der Waals surface area (Å²) in [7, 11) is 0. The highest BCUT2D eigenvalue weighted by molar-refractivity contribution is 6.03. The molecule has 1 aromatic carbocycles. The lowest BCUT2D eigenvalue weighted by atomic mass is 10.1. The molecule has 0 atom stereocenters. The van der Waals surface area contributed by atoms with Crippen LogP contribution in [0.4, 0.5) is 11.6 Å². The second-order valence-electron chi connectivity index (χ2n) is 6.07. The number of carbonyl (C=O) groups is 1. The van der Waals surface area contributed by atoms with E-state index in [-0.39, 0.29) is 5.91 Å². The van der Waals surface area contributed by atoms with Gasteiger partial charge in [-0.25, -0.2) is 9.97 Å². The fourth-order valence-electron chi connectivity index (χ4n) is 2.82. The molecular formula is C18H22N4O. The Morgan fingerprint density at radius 2 is 1.87 bits per heavy atom. The molecular weight excluding hydrogens is 288 g/mol. The van der Waals surface area contributed by atoms with Gasteiger partial charge in [0.25, 0.3) is 5.91 Å². The molecule has 0 saturated carbocycles. The number of anilines is 2. The van der Waals surface area contributed by atoms with Gasteiger partial charge >= 0.3 is 0 Å². The van der Waals surface area contributed by atoms with Gasteiger partial charge in [0, 0.05) is 24.5 Å². The van der Waals surface area contributed by atoms with E-state index in [9.17, 15) is 4.79 Å². The number of benzene rings is 1. The number of aryl methyl sites for hydroxylation is 2. The summed E-state index contributed by atoms with van der Waals surface area (Å²) in [6.45, 7) is 5.82. The highest BCUT2D eigenvalue weighted by Gasteiger charge is 2.17. The Labute approximate surface area is 136 Å². The molecule has 1 fully saturated rings. The lowest BCUT2D eigenvalue weighted by Gasteiger charge is -2.27. The van der Waals surface area contributed by atoms with Crippen LogP contribution in [0.1, 0.15) is 41.0 Å². The minimum absolute atomic E-state index is 0.195. The van der Waals surface area contributed by atoms with Crippen LogP contribution in [0.25, 0.3) is 0 Å². The van der Waals surface area contributed by atoms with Crippen molar-refractivity contribution in [1.82, 2.24) is 9.97 Å². The fraction of sp³-hybridized carbons (Fsp3) is 0.389. The van der Waals surface area contributed by atoms with E-state index in [0.29, 0.717) is 11.6 Å². The van der Waals surface area contributed by atoms with Gasteiger partial charge < -0.3 is 10.2 Å². The molecule has 120 valence electrons. The zero-order valence-corrected chi connectivity index (χ0v) is 13.7. The molecule has 0 aliphatic carbocycles. The van der Waals surface area contributed by atoms with Crippen molar-refractivity contribution in [3.05, 3.63) is 47.3 Å². The van der Waals surface area contributed by atoms with E-state index in [1.54, 1.807) is 6.07 Å². The molecule has 1 saturated heterocycles. The number of nitrogens with one attached hydrogen (secondary N) is 1. The summed E-state index contributed by atoms with van der Waals surface area (Å²) < 4.78 is 0. The molecule has 1 aliphatic rings. The summed E-state index contributed by atoms with van der Waals surface area (Å²) in [5.74, 6) is 0.471. The van der Waals surface area contributed by atoms with E-state index < -0.39 is 0 Å². The molecule has 5 heteroatoms. The summed E-state index contributed by atoms with van der Waals surface area (Å²) in [6, 6.07) is 9.48. The number of hydrogen-bond acceptors (Lipinski definition) is 4. The highest BCUT2D eigenvalue weighted by atomic mass is 16.1. The average Bonchev–Trinajstić information content (AvgIpc) is 2.55. The molecule has 1 N–H and O–H groups in total. The van der Waals surface area contributed by atoms with Gasteiger partial charge in [-0.2, -0.15) is 0 Å². The lowest BCUT2D eigenvalue weighted by molar-refractivity contribution is 0.102. The summed E-state index contributed by atoms with van der Waals surface area (Å²) in [5, 5.41) is 2.91. The van der Waals surface area contributed by atoms with Crippen molar-refractivity contribution in [2.24, 2.45) is 0 Å². The van der Waals surface area contributed by atoms with E-state index in [2.05, 4.69) is 20.2 Å². The first-order chi connectivity index (χ1) is 11.1. The Kier molecular flexibility index (Phi) is 4.55. The predicted molar refractivity (Wildman–Crippen MR) is 92.0 cm³/mol. The maximum Gasteiger partial charge on any atom is 0.274 e. The van der Waals surface area contributed by atoms with Crippen LogP contribution in [-0.4, -0.2) is 29.0 Å². The molecule has 23 heavy (non-hydrogen) atoms. The van der Waals surface area contributed by atoms with E-state index in [0.717, 1.165) is 42.9 Å². The number of nitrogens with zero attached hydrogens (tertiary/aromatic N) is 3. The number of aromatic nitrogens is 2. The van der Waals surface area contributed by atoms with Crippen molar-refractivity contribution in [2.75, 3.05) is 23.3 Å². The molecule has 2 heterocycles. The maximum atomic E-state index is 12.5. The van der Waals surface area contributed by atoms with Crippen LogP contribution in [-0.2, 0) is 0 Å². The normalized spacial score (nSPS) is 14.6. The SMILES string of the molecule is Cc1cccc(NC(=O)c2cc(C)nc(N3CCCCC3)n2)c1. The van der Waals surface area contributed by atoms with Crippen molar-refractivity contribution >= 4 is 17.5 Å². The molecule has 0 radical (unpaired) electrons. The number of hydrogen-bond donors (Lipinski definition) is 1. The first-order valence-electron chi connectivity index (χ1n) is 8.10. The quantitative estimate of drug-likeness (QED) is 0.944. The monoisotopic (exact) mass is 310 g/mol. The van der Waals surface area contributed by atoms with E-state index in [1.807, 2.05) is 38.1 Å². The van der Waals surface area contributed by atoms with E-state index in [1.165, 1.54) is 6.42 Å². The van der Waals surface area contributed by atoms with Gasteiger partial charge in [-0.05, 0) is 56.9 Å². The Morgan fingerprint density at radius 3 is 2.61 bits per heavy atom. The second-order valence-corrected chi connectivity index (χ2v) is 6.07. The van der Waals surface area contributed by atoms with Crippen LogP contribution >= 0.6 is 0 Å². The summed E-state index contributed by atoms with van der Waals surface area (Å²) >= 11 is 0. The van der Waals surface area contributed by atoms with Gasteiger partial charge in [0.05, 0.1) is 0 Å². The molecule has 0 unspecified atom stereocenters. The molecule has 0 spiro atoms. The molecule has 2 aromatic rings. The fourth-order valence-corrected chi connectivity index (χ4v) is 2.82. The van der Waals surface area contributed by atoms with Crippen molar-refractivity contribution in [1.29, 1.82) is 0 Å². The highest BCUT2D eigenvalue weighted by Crippen LogP contribution is 2.17. The number of amides is 1. The molecule has 1 aliphatic heterocycles. The third kappa shape index (κ3) is 3.86. The topological polar surface area (TPSA) is 58.1 Å². The second kappa shape index (κ2) is 6.77. The van der Waals surface area contributed by atoms with Gasteiger partial charge in [-0.1, -0.05) is 12.1 Å². The molecule has 1 aromatic heterocycles. The first kappa shape index (κ1) is 15.5. The molecule has 3 rings (SSSR count). The van der Waals surface area contributed by atoms with Gasteiger partial charge in [0.2, 0.25) is 5.95 Å². The van der Waals surface area contributed by atoms with Gasteiger partial charge in [-0.15, -0.1) is 0 Å². The van der Waals surface area contributed by atoms with Crippen LogP contribution in [0.3, 0.4) is 0 Å². The van der Waals surface area contributed by atoms with E-state index in [4.69, 9.17) is 0 Å². The third-order valence-electron chi connectivity index (χ3n) is 3.99. The predicted octanol–water partition coefficient (Wildman–Crippen LogP) is 3.34. The van der Waals surface area contributed by atoms with E-state index >= 15 is 0 Å². The maximum absolute atomic E-state index is 12.5. The summed E-state index contributed by atoms with van der Waals surface area (Å²) in [4.78, 5) is 23.6. The van der Waals surface area contributed by atoms with Crippen LogP contribution in [0.5, 0.6) is 0 Å². The van der Waals surface area contributed by atoms with Gasteiger partial charge in [0.1, 0.15) is 5.69 Å². The van der Waals surface area contributed by atoms with Crippen LogP contribution in [0, 0.1) is 13.8 Å². The lowest BCUT2D eigenvalue weighted by Crippen LogP contribution is -2.31. The zero-order chi connectivity index (χ0) is 16.2. The van der Waals surface area contributed by atoms with Gasteiger partial charge in [-0.3, -0.25) is 4.79 Å². The third-order valence-corrected chi connectivity index (χ3v) is 3.99. The van der Waals surface area contributed by atoms with Crippen molar-refractivity contribution in [2.45, 2.75) is 33.1 Å². The summed E-state index contributed by atoms with van der Waals surface area (Å²) in [6.07, 6.45) is 3.56. The average molecular weight is 310 g/mol. The smallest absolute Gasteiger partial charge is 0.274 e. The van der Waals surface area contributed by atoms with Crippen LogP contribution in [0.2, 0.25) is 0 Å². The summed E-state index contributed by atoms with van der Waals surface area (Å²) in [5.41, 5.74) is 3.12.